The highest BCUT2D eigenvalue weighted by Gasteiger charge is 2.45. The van der Waals surface area contributed by atoms with Crippen LogP contribution in [0.4, 0.5) is 13.2 Å². The first-order chi connectivity index (χ1) is 9.94. The van der Waals surface area contributed by atoms with Gasteiger partial charge in [0.15, 0.2) is 0 Å². The van der Waals surface area contributed by atoms with Gasteiger partial charge in [0.05, 0.1) is 17.2 Å². The van der Waals surface area contributed by atoms with Gasteiger partial charge in [-0.2, -0.15) is 13.2 Å². The molecule has 21 heavy (non-hydrogen) atoms. The van der Waals surface area contributed by atoms with Crippen LogP contribution >= 0.6 is 0 Å². The molecule has 2 nitrogen and oxygen atoms in total. The second kappa shape index (κ2) is 6.36. The molecule has 0 aromatic heterocycles. The third-order valence-electron chi connectivity index (χ3n) is 4.37. The Labute approximate surface area is 123 Å². The number of likely N-dealkylation sites (N-methyl/N-ethyl adjacent to an activating group) is 1. The molecule has 0 bridgehead atoms. The van der Waals surface area contributed by atoms with Crippen LogP contribution in [0.3, 0.4) is 0 Å². The minimum atomic E-state index is -4.35. The van der Waals surface area contributed by atoms with Gasteiger partial charge in [-0.25, -0.2) is 0 Å². The summed E-state index contributed by atoms with van der Waals surface area (Å²) >= 11 is 0. The lowest BCUT2D eigenvalue weighted by Gasteiger charge is -2.38. The number of methoxy groups -OCH3 is 1. The van der Waals surface area contributed by atoms with Gasteiger partial charge >= 0.3 is 6.18 Å². The van der Waals surface area contributed by atoms with Crippen molar-refractivity contribution in [1.29, 1.82) is 0 Å². The molecule has 0 saturated heterocycles. The summed E-state index contributed by atoms with van der Waals surface area (Å²) in [6.45, 7) is 2.50. The van der Waals surface area contributed by atoms with Gasteiger partial charge in [-0.05, 0) is 31.0 Å². The topological polar surface area (TPSA) is 21.3 Å². The second-order valence-electron chi connectivity index (χ2n) is 5.55. The van der Waals surface area contributed by atoms with Crippen LogP contribution in [-0.2, 0) is 10.9 Å². The fourth-order valence-electron chi connectivity index (χ4n) is 3.37. The van der Waals surface area contributed by atoms with E-state index in [0.29, 0.717) is 6.54 Å². The Balaban J connectivity index is 2.48. The van der Waals surface area contributed by atoms with Gasteiger partial charge in [0.1, 0.15) is 0 Å². The van der Waals surface area contributed by atoms with Crippen molar-refractivity contribution in [3.05, 3.63) is 35.4 Å². The van der Waals surface area contributed by atoms with Gasteiger partial charge in [0.25, 0.3) is 0 Å². The normalized spacial score (nSPS) is 19.7. The van der Waals surface area contributed by atoms with Gasteiger partial charge in [-0.15, -0.1) is 0 Å². The molecule has 0 heterocycles. The molecule has 2 rings (SSSR count). The van der Waals surface area contributed by atoms with Gasteiger partial charge < -0.3 is 10.1 Å². The molecule has 1 atom stereocenters. The number of hydrogen-bond donors (Lipinski definition) is 1. The molecule has 1 N–H and O–H groups in total. The highest BCUT2D eigenvalue weighted by atomic mass is 19.4. The Morgan fingerprint density at radius 2 is 1.86 bits per heavy atom. The van der Waals surface area contributed by atoms with E-state index >= 15 is 0 Å². The zero-order valence-corrected chi connectivity index (χ0v) is 12.5. The van der Waals surface area contributed by atoms with E-state index in [1.54, 1.807) is 19.2 Å². The van der Waals surface area contributed by atoms with Gasteiger partial charge in [-0.3, -0.25) is 0 Å². The van der Waals surface area contributed by atoms with Crippen molar-refractivity contribution in [3.8, 4) is 0 Å². The number of halogens is 3. The zero-order chi connectivity index (χ0) is 15.5. The predicted molar refractivity (Wildman–Crippen MR) is 76.1 cm³/mol. The highest BCUT2D eigenvalue weighted by Crippen LogP contribution is 2.45. The zero-order valence-electron chi connectivity index (χ0n) is 12.5. The smallest absolute Gasteiger partial charge is 0.376 e. The molecule has 0 spiro atoms. The van der Waals surface area contributed by atoms with Gasteiger partial charge in [0, 0.05) is 7.11 Å². The molecule has 118 valence electrons. The molecular weight excluding hydrogens is 279 g/mol. The number of alkyl halides is 3. The Hall–Kier alpha value is -1.07. The summed E-state index contributed by atoms with van der Waals surface area (Å²) < 4.78 is 45.6. The molecule has 1 fully saturated rings. The van der Waals surface area contributed by atoms with E-state index in [4.69, 9.17) is 4.74 Å². The van der Waals surface area contributed by atoms with Crippen LogP contribution in [0.5, 0.6) is 0 Å². The SMILES string of the molecule is CCNC(c1ccccc1C(F)(F)F)C1(OC)CCCC1. The molecule has 1 saturated carbocycles. The fraction of sp³-hybridized carbons (Fsp3) is 0.625. The van der Waals surface area contributed by atoms with E-state index in [0.717, 1.165) is 31.7 Å². The molecule has 0 amide bonds. The molecule has 0 aliphatic heterocycles. The summed E-state index contributed by atoms with van der Waals surface area (Å²) in [6.07, 6.45) is -0.799. The van der Waals surface area contributed by atoms with Crippen LogP contribution in [0.25, 0.3) is 0 Å². The van der Waals surface area contributed by atoms with Crippen molar-refractivity contribution in [2.24, 2.45) is 0 Å². The average molecular weight is 301 g/mol. The average Bonchev–Trinajstić information content (AvgIpc) is 2.94. The number of nitrogens with one attached hydrogen (secondary N) is 1. The third kappa shape index (κ3) is 3.24. The van der Waals surface area contributed by atoms with Gasteiger partial charge in [-0.1, -0.05) is 38.0 Å². The van der Waals surface area contributed by atoms with Crippen LogP contribution < -0.4 is 5.32 Å². The van der Waals surface area contributed by atoms with E-state index in [-0.39, 0.29) is 5.56 Å². The van der Waals surface area contributed by atoms with E-state index in [1.807, 2.05) is 6.92 Å². The van der Waals surface area contributed by atoms with Crippen molar-refractivity contribution >= 4 is 0 Å². The molecule has 1 unspecified atom stereocenters. The maximum absolute atomic E-state index is 13.3. The Morgan fingerprint density at radius 3 is 2.38 bits per heavy atom. The van der Waals surface area contributed by atoms with E-state index in [1.165, 1.54) is 6.07 Å². The number of ether oxygens (including phenoxy) is 1. The summed E-state index contributed by atoms with van der Waals surface area (Å²) in [5, 5.41) is 3.22. The van der Waals surface area contributed by atoms with E-state index < -0.39 is 23.4 Å². The quantitative estimate of drug-likeness (QED) is 0.874. The van der Waals surface area contributed by atoms with Crippen molar-refractivity contribution in [3.63, 3.8) is 0 Å². The molecule has 0 radical (unpaired) electrons. The second-order valence-corrected chi connectivity index (χ2v) is 5.55. The summed E-state index contributed by atoms with van der Waals surface area (Å²) in [7, 11) is 1.60. The Morgan fingerprint density at radius 1 is 1.24 bits per heavy atom. The number of benzene rings is 1. The minimum Gasteiger partial charge on any atom is -0.376 e. The maximum atomic E-state index is 13.3. The standard InChI is InChI=1S/C16H22F3NO/c1-3-20-14(15(21-2)10-6-7-11-15)12-8-4-5-9-13(12)16(17,18)19/h4-5,8-9,14,20H,3,6-7,10-11H2,1-2H3. The van der Waals surface area contributed by atoms with E-state index in [9.17, 15) is 13.2 Å². The molecule has 1 aromatic rings. The molecule has 1 aliphatic rings. The van der Waals surface area contributed by atoms with Crippen LogP contribution in [0.2, 0.25) is 0 Å². The maximum Gasteiger partial charge on any atom is 0.416 e. The Kier molecular flexibility index (Phi) is 4.94. The lowest BCUT2D eigenvalue weighted by molar-refractivity contribution is -0.139. The first kappa shape index (κ1) is 16.3. The summed E-state index contributed by atoms with van der Waals surface area (Å²) in [6, 6.07) is 5.37. The van der Waals surface area contributed by atoms with Crippen molar-refractivity contribution < 1.29 is 17.9 Å². The first-order valence-corrected chi connectivity index (χ1v) is 7.39. The van der Waals surface area contributed by atoms with Crippen LogP contribution in [-0.4, -0.2) is 19.3 Å². The lowest BCUT2D eigenvalue weighted by atomic mass is 9.84. The molecular formula is C16H22F3NO. The lowest BCUT2D eigenvalue weighted by Crippen LogP contribution is -2.44. The van der Waals surface area contributed by atoms with Crippen LogP contribution in [0.1, 0.15) is 49.8 Å². The Bertz CT molecular complexity index is 467. The molecule has 5 heteroatoms. The molecule has 1 aromatic carbocycles. The summed E-state index contributed by atoms with van der Waals surface area (Å²) in [4.78, 5) is 0. The number of rotatable bonds is 5. The minimum absolute atomic E-state index is 0.288. The van der Waals surface area contributed by atoms with Crippen LogP contribution in [0.15, 0.2) is 24.3 Å². The van der Waals surface area contributed by atoms with Crippen molar-refractivity contribution in [2.75, 3.05) is 13.7 Å². The van der Waals surface area contributed by atoms with E-state index in [2.05, 4.69) is 5.32 Å². The largest absolute Gasteiger partial charge is 0.416 e. The third-order valence-corrected chi connectivity index (χ3v) is 4.37. The van der Waals surface area contributed by atoms with Crippen molar-refractivity contribution in [2.45, 2.75) is 50.4 Å². The highest BCUT2D eigenvalue weighted by molar-refractivity contribution is 5.34. The number of hydrogen-bond acceptors (Lipinski definition) is 2. The first-order valence-electron chi connectivity index (χ1n) is 7.39. The van der Waals surface area contributed by atoms with Gasteiger partial charge in [0.2, 0.25) is 0 Å². The fourth-order valence-corrected chi connectivity index (χ4v) is 3.37. The van der Waals surface area contributed by atoms with Crippen molar-refractivity contribution in [1.82, 2.24) is 5.32 Å². The summed E-state index contributed by atoms with van der Waals surface area (Å²) in [5.74, 6) is 0. The molecule has 1 aliphatic carbocycles. The predicted octanol–water partition coefficient (Wildman–Crippen LogP) is 4.32. The van der Waals surface area contributed by atoms with Crippen LogP contribution in [0, 0.1) is 0 Å². The summed E-state index contributed by atoms with van der Waals surface area (Å²) in [5.41, 5.74) is -0.827. The monoisotopic (exact) mass is 301 g/mol.